The van der Waals surface area contributed by atoms with Crippen molar-refractivity contribution in [2.75, 3.05) is 20.8 Å². The quantitative estimate of drug-likeness (QED) is 0.820. The molecule has 5 heteroatoms. The highest BCUT2D eigenvalue weighted by molar-refractivity contribution is 6.30. The zero-order chi connectivity index (χ0) is 15.9. The number of carbonyl (C=O) groups excluding carboxylic acids is 1. The Morgan fingerprint density at radius 2 is 1.77 bits per heavy atom. The fourth-order valence-corrected chi connectivity index (χ4v) is 2.47. The van der Waals surface area contributed by atoms with Gasteiger partial charge in [0.25, 0.3) is 0 Å². The number of hydrogen-bond donors (Lipinski definition) is 0. The molecular weight excluding hydrogens is 300 g/mol. The molecule has 22 heavy (non-hydrogen) atoms. The van der Waals surface area contributed by atoms with Crippen molar-refractivity contribution >= 4 is 17.5 Å². The molecule has 4 nitrogen and oxygen atoms in total. The van der Waals surface area contributed by atoms with E-state index in [1.807, 2.05) is 36.4 Å². The maximum absolute atomic E-state index is 12.4. The van der Waals surface area contributed by atoms with Crippen LogP contribution in [0.5, 0.6) is 0 Å². The highest BCUT2D eigenvalue weighted by atomic mass is 35.5. The van der Waals surface area contributed by atoms with E-state index < -0.39 is 0 Å². The summed E-state index contributed by atoms with van der Waals surface area (Å²) >= 11 is 5.97. The molecule has 0 aliphatic heterocycles. The molecule has 1 amide bonds. The Balaban J connectivity index is 2.33. The average molecular weight is 319 g/mol. The first-order valence-corrected chi connectivity index (χ1v) is 7.41. The number of rotatable bonds is 6. The monoisotopic (exact) mass is 318 g/mol. The summed E-state index contributed by atoms with van der Waals surface area (Å²) in [5.74, 6) is 0.0265. The topological polar surface area (TPSA) is 42.4 Å². The third-order valence-corrected chi connectivity index (χ3v) is 3.76. The minimum atomic E-state index is -0.176. The molecule has 0 saturated heterocycles. The first kappa shape index (κ1) is 16.5. The summed E-state index contributed by atoms with van der Waals surface area (Å²) < 4.78 is 4.99. The Morgan fingerprint density at radius 3 is 2.36 bits per heavy atom. The Kier molecular flexibility index (Phi) is 5.92. The van der Waals surface area contributed by atoms with Crippen LogP contribution >= 0.6 is 11.6 Å². The van der Waals surface area contributed by atoms with E-state index in [1.54, 1.807) is 31.5 Å². The second kappa shape index (κ2) is 7.92. The molecule has 0 saturated carbocycles. The number of halogens is 1. The molecule has 1 heterocycles. The molecule has 0 N–H and O–H groups in total. The number of pyridine rings is 1. The van der Waals surface area contributed by atoms with Crippen molar-refractivity contribution < 1.29 is 9.53 Å². The lowest BCUT2D eigenvalue weighted by molar-refractivity contribution is -0.132. The normalized spacial score (nSPS) is 12.0. The summed E-state index contributed by atoms with van der Waals surface area (Å²) in [6, 6.07) is 11.2. The third-order valence-electron chi connectivity index (χ3n) is 3.51. The molecule has 1 aromatic carbocycles. The van der Waals surface area contributed by atoms with Crippen LogP contribution in [0.3, 0.4) is 0 Å². The number of benzene rings is 1. The highest BCUT2D eigenvalue weighted by Crippen LogP contribution is 2.28. The van der Waals surface area contributed by atoms with Gasteiger partial charge in [0, 0.05) is 31.6 Å². The van der Waals surface area contributed by atoms with Crippen LogP contribution in [-0.2, 0) is 9.53 Å². The summed E-state index contributed by atoms with van der Waals surface area (Å²) in [5, 5.41) is 0.672. The lowest BCUT2D eigenvalue weighted by Crippen LogP contribution is -2.32. The predicted molar refractivity (Wildman–Crippen MR) is 86.8 cm³/mol. The zero-order valence-corrected chi connectivity index (χ0v) is 13.5. The van der Waals surface area contributed by atoms with Crippen LogP contribution in [0.15, 0.2) is 48.8 Å². The van der Waals surface area contributed by atoms with Crippen LogP contribution in [0, 0.1) is 0 Å². The largest absolute Gasteiger partial charge is 0.384 e. The van der Waals surface area contributed by atoms with Crippen molar-refractivity contribution in [3.8, 4) is 0 Å². The molecule has 1 unspecified atom stereocenters. The summed E-state index contributed by atoms with van der Waals surface area (Å²) in [6.45, 7) is 0.410. The number of carbonyl (C=O) groups is 1. The Labute approximate surface area is 135 Å². The van der Waals surface area contributed by atoms with Gasteiger partial charge in [0.1, 0.15) is 0 Å². The molecule has 0 bridgehead atoms. The number of hydrogen-bond acceptors (Lipinski definition) is 3. The second-order valence-corrected chi connectivity index (χ2v) is 5.42. The van der Waals surface area contributed by atoms with Crippen LogP contribution in [-0.4, -0.2) is 36.6 Å². The van der Waals surface area contributed by atoms with Gasteiger partial charge in [0.15, 0.2) is 0 Å². The molecule has 1 atom stereocenters. The highest BCUT2D eigenvalue weighted by Gasteiger charge is 2.23. The van der Waals surface area contributed by atoms with E-state index in [2.05, 4.69) is 4.98 Å². The van der Waals surface area contributed by atoms with Crippen molar-refractivity contribution in [2.24, 2.45) is 0 Å². The first-order chi connectivity index (χ1) is 10.6. The van der Waals surface area contributed by atoms with Gasteiger partial charge in [-0.25, -0.2) is 0 Å². The Morgan fingerprint density at radius 1 is 1.18 bits per heavy atom. The van der Waals surface area contributed by atoms with Crippen LogP contribution in [0.25, 0.3) is 0 Å². The van der Waals surface area contributed by atoms with Gasteiger partial charge in [-0.2, -0.15) is 0 Å². The standard InChI is InChI=1S/C17H19ClN2O2/c1-20(16(21)9-12-22-2)17(14-7-10-19-11-8-14)13-3-5-15(18)6-4-13/h3-8,10-11,17H,9,12H2,1-2H3. The van der Waals surface area contributed by atoms with Crippen LogP contribution in [0.2, 0.25) is 5.02 Å². The van der Waals surface area contributed by atoms with Crippen LogP contribution in [0.4, 0.5) is 0 Å². The Bertz CT molecular complexity index is 602. The van der Waals surface area contributed by atoms with Gasteiger partial charge < -0.3 is 9.64 Å². The molecule has 2 rings (SSSR count). The third kappa shape index (κ3) is 4.06. The minimum absolute atomic E-state index is 0.0265. The van der Waals surface area contributed by atoms with Gasteiger partial charge in [-0.3, -0.25) is 9.78 Å². The van der Waals surface area contributed by atoms with E-state index in [4.69, 9.17) is 16.3 Å². The van der Waals surface area contributed by atoms with Crippen molar-refractivity contribution in [1.82, 2.24) is 9.88 Å². The number of amides is 1. The summed E-state index contributed by atoms with van der Waals surface area (Å²) in [7, 11) is 3.39. The van der Waals surface area contributed by atoms with Crippen molar-refractivity contribution in [2.45, 2.75) is 12.5 Å². The molecule has 116 valence electrons. The van der Waals surface area contributed by atoms with E-state index in [-0.39, 0.29) is 11.9 Å². The molecule has 0 fully saturated rings. The summed E-state index contributed by atoms with van der Waals surface area (Å²) in [4.78, 5) is 18.1. The van der Waals surface area contributed by atoms with Crippen LogP contribution in [0.1, 0.15) is 23.6 Å². The number of ether oxygens (including phenoxy) is 1. The van der Waals surface area contributed by atoms with Gasteiger partial charge in [0.2, 0.25) is 5.91 Å². The maximum Gasteiger partial charge on any atom is 0.225 e. The number of nitrogens with zero attached hydrogens (tertiary/aromatic N) is 2. The molecule has 1 aromatic heterocycles. The van der Waals surface area contributed by atoms with E-state index >= 15 is 0 Å². The fraction of sp³-hybridized carbons (Fsp3) is 0.294. The summed E-state index contributed by atoms with van der Waals surface area (Å²) in [6.07, 6.45) is 3.81. The minimum Gasteiger partial charge on any atom is -0.384 e. The van der Waals surface area contributed by atoms with Gasteiger partial charge >= 0.3 is 0 Å². The lowest BCUT2D eigenvalue weighted by atomic mass is 9.98. The predicted octanol–water partition coefficient (Wildman–Crippen LogP) is 3.32. The van der Waals surface area contributed by atoms with E-state index in [1.165, 1.54) is 0 Å². The van der Waals surface area contributed by atoms with E-state index in [0.29, 0.717) is 18.1 Å². The SMILES string of the molecule is COCCC(=O)N(C)C(c1ccncc1)c1ccc(Cl)cc1. The Hall–Kier alpha value is -1.91. The van der Waals surface area contributed by atoms with Crippen molar-refractivity contribution in [3.05, 3.63) is 64.9 Å². The van der Waals surface area contributed by atoms with Crippen molar-refractivity contribution in [3.63, 3.8) is 0 Å². The second-order valence-electron chi connectivity index (χ2n) is 4.98. The van der Waals surface area contributed by atoms with E-state index in [9.17, 15) is 4.79 Å². The molecule has 0 aliphatic rings. The molecule has 0 radical (unpaired) electrons. The molecule has 0 aliphatic carbocycles. The van der Waals surface area contributed by atoms with Gasteiger partial charge in [-0.05, 0) is 35.4 Å². The lowest BCUT2D eigenvalue weighted by Gasteiger charge is -2.29. The molecular formula is C17H19ClN2O2. The molecule has 0 spiro atoms. The number of methoxy groups -OCH3 is 1. The van der Waals surface area contributed by atoms with Crippen molar-refractivity contribution in [1.29, 1.82) is 0 Å². The van der Waals surface area contributed by atoms with Gasteiger partial charge in [-0.1, -0.05) is 23.7 Å². The first-order valence-electron chi connectivity index (χ1n) is 7.03. The molecule has 2 aromatic rings. The average Bonchev–Trinajstić information content (AvgIpc) is 2.55. The van der Waals surface area contributed by atoms with Gasteiger partial charge in [-0.15, -0.1) is 0 Å². The van der Waals surface area contributed by atoms with Crippen LogP contribution < -0.4 is 0 Å². The maximum atomic E-state index is 12.4. The smallest absolute Gasteiger partial charge is 0.225 e. The number of aromatic nitrogens is 1. The fourth-order valence-electron chi connectivity index (χ4n) is 2.34. The van der Waals surface area contributed by atoms with E-state index in [0.717, 1.165) is 11.1 Å². The summed E-state index contributed by atoms with van der Waals surface area (Å²) in [5.41, 5.74) is 2.01. The zero-order valence-electron chi connectivity index (χ0n) is 12.7. The van der Waals surface area contributed by atoms with Gasteiger partial charge in [0.05, 0.1) is 19.1 Å².